The number of likely N-dealkylation sites (tertiary alicyclic amines) is 1. The number of anilines is 1. The lowest BCUT2D eigenvalue weighted by atomic mass is 9.90. The van der Waals surface area contributed by atoms with Gasteiger partial charge in [-0.2, -0.15) is 13.2 Å². The minimum atomic E-state index is -4.37. The van der Waals surface area contributed by atoms with E-state index in [-0.39, 0.29) is 5.91 Å². The number of carbonyl (C=O) groups excluding carboxylic acids is 1. The fourth-order valence-electron chi connectivity index (χ4n) is 2.78. The maximum Gasteiger partial charge on any atom is 0.416 e. The molecule has 1 aromatic carbocycles. The molecule has 1 fully saturated rings. The highest BCUT2D eigenvalue weighted by Crippen LogP contribution is 2.32. The minimum Gasteiger partial charge on any atom is -0.378 e. The van der Waals surface area contributed by atoms with Crippen LogP contribution in [0.1, 0.15) is 25.3 Å². The number of hydrogen-bond acceptors (Lipinski definition) is 2. The summed E-state index contributed by atoms with van der Waals surface area (Å²) >= 11 is 0. The number of piperidine rings is 1. The minimum absolute atomic E-state index is 0.156. The van der Waals surface area contributed by atoms with Crippen LogP contribution in [0, 0.1) is 0 Å². The third kappa shape index (κ3) is 3.81. The van der Waals surface area contributed by atoms with Crippen LogP contribution in [-0.4, -0.2) is 29.4 Å². The van der Waals surface area contributed by atoms with E-state index in [0.717, 1.165) is 25.0 Å². The predicted molar refractivity (Wildman–Crippen MR) is 79.5 cm³/mol. The van der Waals surface area contributed by atoms with Crippen LogP contribution in [0.5, 0.6) is 0 Å². The summed E-state index contributed by atoms with van der Waals surface area (Å²) < 4.78 is 38.3. The summed E-state index contributed by atoms with van der Waals surface area (Å²) in [6, 6.07) is 5.13. The predicted octanol–water partition coefficient (Wildman–Crippen LogP) is 3.68. The monoisotopic (exact) mass is 312 g/mol. The first-order valence-electron chi connectivity index (χ1n) is 7.10. The van der Waals surface area contributed by atoms with Crippen LogP contribution < -0.4 is 5.32 Å². The van der Waals surface area contributed by atoms with Crippen molar-refractivity contribution < 1.29 is 18.0 Å². The van der Waals surface area contributed by atoms with Gasteiger partial charge in [-0.05, 0) is 44.0 Å². The number of nitrogens with one attached hydrogen (secondary N) is 1. The van der Waals surface area contributed by atoms with Gasteiger partial charge in [-0.1, -0.05) is 12.6 Å². The quantitative estimate of drug-likeness (QED) is 0.864. The Morgan fingerprint density at radius 1 is 1.45 bits per heavy atom. The van der Waals surface area contributed by atoms with Gasteiger partial charge in [-0.25, -0.2) is 0 Å². The maximum absolute atomic E-state index is 12.8. The number of rotatable bonds is 3. The Hall–Kier alpha value is -1.98. The lowest BCUT2D eigenvalue weighted by Crippen LogP contribution is -2.52. The lowest BCUT2D eigenvalue weighted by molar-refractivity contribution is -0.137. The highest BCUT2D eigenvalue weighted by molar-refractivity contribution is 5.87. The van der Waals surface area contributed by atoms with E-state index in [1.54, 1.807) is 11.0 Å². The molecule has 1 saturated heterocycles. The standard InChI is InChI=1S/C16H19F3N2O/c1-3-14(22)21-9-5-8-15(2,11-21)20-13-7-4-6-12(10-13)16(17,18)19/h3-4,6-7,10,20H,1,5,8-9,11H2,2H3. The molecule has 1 amide bonds. The lowest BCUT2D eigenvalue weighted by Gasteiger charge is -2.41. The molecule has 1 unspecified atom stereocenters. The molecule has 1 aliphatic heterocycles. The first kappa shape index (κ1) is 16.4. The van der Waals surface area contributed by atoms with Crippen molar-refractivity contribution in [3.8, 4) is 0 Å². The molecule has 0 aliphatic carbocycles. The van der Waals surface area contributed by atoms with Crippen LogP contribution in [0.25, 0.3) is 0 Å². The fraction of sp³-hybridized carbons (Fsp3) is 0.438. The summed E-state index contributed by atoms with van der Waals surface area (Å²) in [5.41, 5.74) is -0.734. The largest absolute Gasteiger partial charge is 0.416 e. The zero-order chi connectivity index (χ0) is 16.4. The van der Waals surface area contributed by atoms with E-state index in [0.29, 0.717) is 18.8 Å². The van der Waals surface area contributed by atoms with Gasteiger partial charge in [-0.3, -0.25) is 4.79 Å². The van der Waals surface area contributed by atoms with Crippen molar-refractivity contribution in [2.75, 3.05) is 18.4 Å². The summed E-state index contributed by atoms with van der Waals surface area (Å²) in [7, 11) is 0. The van der Waals surface area contributed by atoms with Crippen LogP contribution >= 0.6 is 0 Å². The highest BCUT2D eigenvalue weighted by Gasteiger charge is 2.34. The third-order valence-electron chi connectivity index (χ3n) is 3.82. The maximum atomic E-state index is 12.8. The number of amides is 1. The van der Waals surface area contributed by atoms with Gasteiger partial charge in [-0.15, -0.1) is 0 Å². The summed E-state index contributed by atoms with van der Waals surface area (Å²) in [4.78, 5) is 13.4. The molecule has 0 radical (unpaired) electrons. The smallest absolute Gasteiger partial charge is 0.378 e. The molecule has 6 heteroatoms. The molecular formula is C16H19F3N2O. The van der Waals surface area contributed by atoms with Crippen LogP contribution in [-0.2, 0) is 11.0 Å². The van der Waals surface area contributed by atoms with E-state index >= 15 is 0 Å². The van der Waals surface area contributed by atoms with Crippen molar-refractivity contribution in [3.63, 3.8) is 0 Å². The average molecular weight is 312 g/mol. The SMILES string of the molecule is C=CC(=O)N1CCCC(C)(Nc2cccc(C(F)(F)F)c2)C1. The molecule has 0 bridgehead atoms. The number of benzene rings is 1. The van der Waals surface area contributed by atoms with Crippen molar-refractivity contribution in [2.45, 2.75) is 31.5 Å². The Labute approximate surface area is 127 Å². The van der Waals surface area contributed by atoms with Crippen molar-refractivity contribution in [3.05, 3.63) is 42.5 Å². The third-order valence-corrected chi connectivity index (χ3v) is 3.82. The molecule has 1 heterocycles. The molecule has 1 atom stereocenters. The highest BCUT2D eigenvalue weighted by atomic mass is 19.4. The Balaban J connectivity index is 2.15. The Bertz CT molecular complexity index is 571. The van der Waals surface area contributed by atoms with Crippen molar-refractivity contribution in [2.24, 2.45) is 0 Å². The Morgan fingerprint density at radius 2 is 2.18 bits per heavy atom. The second-order valence-corrected chi connectivity index (χ2v) is 5.83. The van der Waals surface area contributed by atoms with Crippen LogP contribution in [0.15, 0.2) is 36.9 Å². The van der Waals surface area contributed by atoms with E-state index in [1.807, 2.05) is 6.92 Å². The molecule has 2 rings (SSSR count). The van der Waals surface area contributed by atoms with E-state index in [4.69, 9.17) is 0 Å². The topological polar surface area (TPSA) is 32.3 Å². The van der Waals surface area contributed by atoms with Gasteiger partial charge in [0.05, 0.1) is 11.1 Å². The van der Waals surface area contributed by atoms with E-state index in [2.05, 4.69) is 11.9 Å². The summed E-state index contributed by atoms with van der Waals surface area (Å²) in [5.74, 6) is -0.156. The van der Waals surface area contributed by atoms with Gasteiger partial charge in [0, 0.05) is 18.8 Å². The fourth-order valence-corrected chi connectivity index (χ4v) is 2.78. The van der Waals surface area contributed by atoms with Crippen LogP contribution in [0.2, 0.25) is 0 Å². The van der Waals surface area contributed by atoms with E-state index < -0.39 is 17.3 Å². The van der Waals surface area contributed by atoms with Crippen molar-refractivity contribution in [1.29, 1.82) is 0 Å². The van der Waals surface area contributed by atoms with Gasteiger partial charge in [0.2, 0.25) is 5.91 Å². The molecule has 120 valence electrons. The number of hydrogen-bond donors (Lipinski definition) is 1. The molecule has 1 aliphatic rings. The second-order valence-electron chi connectivity index (χ2n) is 5.83. The summed E-state index contributed by atoms with van der Waals surface area (Å²) in [6.45, 7) is 6.46. The van der Waals surface area contributed by atoms with Crippen molar-refractivity contribution in [1.82, 2.24) is 4.90 Å². The zero-order valence-electron chi connectivity index (χ0n) is 12.4. The second kappa shape index (κ2) is 6.02. The van der Waals surface area contributed by atoms with Gasteiger partial charge in [0.15, 0.2) is 0 Å². The van der Waals surface area contributed by atoms with E-state index in [9.17, 15) is 18.0 Å². The van der Waals surface area contributed by atoms with Gasteiger partial charge >= 0.3 is 6.18 Å². The molecule has 0 spiro atoms. The van der Waals surface area contributed by atoms with Gasteiger partial charge < -0.3 is 10.2 Å². The van der Waals surface area contributed by atoms with Gasteiger partial charge in [0.1, 0.15) is 0 Å². The number of carbonyl (C=O) groups is 1. The Kier molecular flexibility index (Phi) is 4.49. The molecule has 1 aromatic rings. The molecule has 1 N–H and O–H groups in total. The molecule has 22 heavy (non-hydrogen) atoms. The molecule has 0 saturated carbocycles. The molecule has 0 aromatic heterocycles. The Morgan fingerprint density at radius 3 is 2.82 bits per heavy atom. The molecule has 3 nitrogen and oxygen atoms in total. The van der Waals surface area contributed by atoms with Crippen LogP contribution in [0.4, 0.5) is 18.9 Å². The normalized spacial score (nSPS) is 22.3. The zero-order valence-corrected chi connectivity index (χ0v) is 12.4. The van der Waals surface area contributed by atoms with Crippen molar-refractivity contribution >= 4 is 11.6 Å². The first-order valence-corrected chi connectivity index (χ1v) is 7.10. The molecular weight excluding hydrogens is 293 g/mol. The number of nitrogens with zero attached hydrogens (tertiary/aromatic N) is 1. The van der Waals surface area contributed by atoms with E-state index in [1.165, 1.54) is 12.1 Å². The number of halogens is 3. The van der Waals surface area contributed by atoms with Crippen LogP contribution in [0.3, 0.4) is 0 Å². The summed E-state index contributed by atoms with van der Waals surface area (Å²) in [6.07, 6.45) is -1.53. The number of alkyl halides is 3. The summed E-state index contributed by atoms with van der Waals surface area (Å²) in [5, 5.41) is 3.15. The first-order chi connectivity index (χ1) is 10.2. The van der Waals surface area contributed by atoms with Gasteiger partial charge in [0.25, 0.3) is 0 Å². The average Bonchev–Trinajstić information content (AvgIpc) is 2.45.